The number of aromatic nitrogens is 3. The minimum Gasteiger partial charge on any atom is -0.478 e. The molecule has 0 aliphatic heterocycles. The van der Waals surface area contributed by atoms with Crippen molar-refractivity contribution in [2.24, 2.45) is 0 Å². The zero-order chi connectivity index (χ0) is 21.3. The summed E-state index contributed by atoms with van der Waals surface area (Å²) in [5, 5.41) is 16.0. The Morgan fingerprint density at radius 2 is 1.79 bits per heavy atom. The van der Waals surface area contributed by atoms with Crippen LogP contribution in [0.5, 0.6) is 0 Å². The molecule has 29 heavy (non-hydrogen) atoms. The first-order valence-electron chi connectivity index (χ1n) is 8.36. The Labute approximate surface area is 162 Å². The third-order valence-corrected chi connectivity index (χ3v) is 4.14. The van der Waals surface area contributed by atoms with Gasteiger partial charge in [0.1, 0.15) is 5.69 Å². The van der Waals surface area contributed by atoms with Crippen LogP contribution in [0.25, 0.3) is 0 Å². The number of carbonyl (C=O) groups is 1. The summed E-state index contributed by atoms with van der Waals surface area (Å²) in [7, 11) is 0. The van der Waals surface area contributed by atoms with Gasteiger partial charge in [-0.05, 0) is 49.2 Å². The normalized spacial score (nSPS) is 10.8. The average Bonchev–Trinajstić information content (AvgIpc) is 2.65. The lowest BCUT2D eigenvalue weighted by atomic mass is 10.1. The number of nitrogens with one attached hydrogen (secondary N) is 1. The van der Waals surface area contributed by atoms with E-state index in [-0.39, 0.29) is 29.3 Å². The summed E-state index contributed by atoms with van der Waals surface area (Å²) in [5.41, 5.74) is 0.484. The van der Waals surface area contributed by atoms with Gasteiger partial charge in [0.15, 0.2) is 17.5 Å². The third kappa shape index (κ3) is 4.26. The second-order valence-electron chi connectivity index (χ2n) is 6.32. The van der Waals surface area contributed by atoms with Crippen LogP contribution in [-0.4, -0.2) is 25.8 Å². The van der Waals surface area contributed by atoms with Gasteiger partial charge >= 0.3 is 5.97 Å². The lowest BCUT2D eigenvalue weighted by Crippen LogP contribution is -2.23. The van der Waals surface area contributed by atoms with E-state index in [1.807, 2.05) is 0 Å². The molecule has 0 radical (unpaired) electrons. The van der Waals surface area contributed by atoms with Crippen molar-refractivity contribution in [2.75, 3.05) is 5.32 Å². The maximum atomic E-state index is 13.5. The summed E-state index contributed by atoms with van der Waals surface area (Å²) in [6.45, 7) is 2.91. The molecule has 0 spiro atoms. The second-order valence-corrected chi connectivity index (χ2v) is 6.32. The van der Waals surface area contributed by atoms with E-state index >= 15 is 0 Å². The molecule has 2 aromatic carbocycles. The number of carboxylic acids is 1. The Morgan fingerprint density at radius 1 is 1.14 bits per heavy atom. The summed E-state index contributed by atoms with van der Waals surface area (Å²) in [5.74, 6) is -5.51. The van der Waals surface area contributed by atoms with E-state index < -0.39 is 29.0 Å². The summed E-state index contributed by atoms with van der Waals surface area (Å²) in [6, 6.07) is 5.97. The fraction of sp³-hybridized carbons (Fsp3) is 0.158. The molecule has 7 nitrogen and oxygen atoms in total. The van der Waals surface area contributed by atoms with Crippen molar-refractivity contribution in [1.29, 1.82) is 0 Å². The van der Waals surface area contributed by atoms with E-state index in [1.54, 1.807) is 13.0 Å². The molecule has 3 aromatic rings. The van der Waals surface area contributed by atoms with Gasteiger partial charge < -0.3 is 10.4 Å². The van der Waals surface area contributed by atoms with E-state index in [0.29, 0.717) is 11.3 Å². The van der Waals surface area contributed by atoms with Crippen LogP contribution in [-0.2, 0) is 6.54 Å². The highest BCUT2D eigenvalue weighted by Crippen LogP contribution is 2.21. The SMILES string of the molecule is Cc1ccc(C(=O)O)cc1Nc1nc(=O)c(C)nn1Cc1cc(F)c(F)c(F)c1. The lowest BCUT2D eigenvalue weighted by Gasteiger charge is -2.15. The summed E-state index contributed by atoms with van der Waals surface area (Å²) in [4.78, 5) is 27.0. The van der Waals surface area contributed by atoms with E-state index in [0.717, 1.165) is 12.1 Å². The van der Waals surface area contributed by atoms with Gasteiger partial charge in [-0.15, -0.1) is 0 Å². The van der Waals surface area contributed by atoms with Gasteiger partial charge in [0.05, 0.1) is 12.1 Å². The first-order chi connectivity index (χ1) is 13.7. The van der Waals surface area contributed by atoms with Gasteiger partial charge in [0, 0.05) is 5.69 Å². The molecule has 0 atom stereocenters. The van der Waals surface area contributed by atoms with Gasteiger partial charge in [-0.2, -0.15) is 10.1 Å². The minimum atomic E-state index is -1.59. The van der Waals surface area contributed by atoms with Crippen molar-refractivity contribution in [3.8, 4) is 0 Å². The maximum absolute atomic E-state index is 13.5. The van der Waals surface area contributed by atoms with Crippen LogP contribution in [0, 0.1) is 31.3 Å². The summed E-state index contributed by atoms with van der Waals surface area (Å²) >= 11 is 0. The van der Waals surface area contributed by atoms with Crippen molar-refractivity contribution in [3.05, 3.63) is 80.5 Å². The van der Waals surface area contributed by atoms with Crippen LogP contribution in [0.2, 0.25) is 0 Å². The predicted octanol–water partition coefficient (Wildman–Crippen LogP) is 3.16. The molecule has 1 heterocycles. The Hall–Kier alpha value is -3.69. The van der Waals surface area contributed by atoms with Gasteiger partial charge in [0.2, 0.25) is 5.95 Å². The third-order valence-electron chi connectivity index (χ3n) is 4.14. The highest BCUT2D eigenvalue weighted by atomic mass is 19.2. The lowest BCUT2D eigenvalue weighted by molar-refractivity contribution is 0.0697. The molecule has 150 valence electrons. The summed E-state index contributed by atoms with van der Waals surface area (Å²) < 4.78 is 41.4. The Balaban J connectivity index is 2.04. The molecule has 10 heteroatoms. The molecule has 0 aliphatic rings. The second kappa shape index (κ2) is 7.74. The minimum absolute atomic E-state index is 0.00902. The van der Waals surface area contributed by atoms with Crippen LogP contribution in [0.15, 0.2) is 35.1 Å². The van der Waals surface area contributed by atoms with Crippen molar-refractivity contribution in [1.82, 2.24) is 14.8 Å². The quantitative estimate of drug-likeness (QED) is 0.634. The fourth-order valence-corrected chi connectivity index (χ4v) is 2.59. The number of aromatic carboxylic acids is 1. The molecular formula is C19H15F3N4O3. The number of rotatable bonds is 5. The Kier molecular flexibility index (Phi) is 5.35. The van der Waals surface area contributed by atoms with Gasteiger partial charge in [0.25, 0.3) is 5.56 Å². The topological polar surface area (TPSA) is 97.1 Å². The van der Waals surface area contributed by atoms with E-state index in [1.165, 1.54) is 23.7 Å². The van der Waals surface area contributed by atoms with E-state index in [4.69, 9.17) is 5.11 Å². The van der Waals surface area contributed by atoms with Crippen molar-refractivity contribution >= 4 is 17.6 Å². The highest BCUT2D eigenvalue weighted by molar-refractivity contribution is 5.89. The molecule has 2 N–H and O–H groups in total. The number of carboxylic acid groups (broad SMARTS) is 1. The molecule has 3 rings (SSSR count). The molecule has 0 aliphatic carbocycles. The number of hydrogen-bond acceptors (Lipinski definition) is 5. The largest absolute Gasteiger partial charge is 0.478 e. The van der Waals surface area contributed by atoms with Gasteiger partial charge in [-0.3, -0.25) is 4.79 Å². The molecule has 0 fully saturated rings. The number of anilines is 2. The van der Waals surface area contributed by atoms with Gasteiger partial charge in [-0.25, -0.2) is 22.6 Å². The zero-order valence-electron chi connectivity index (χ0n) is 15.3. The molecule has 0 saturated heterocycles. The first kappa shape index (κ1) is 20.1. The Morgan fingerprint density at radius 3 is 2.41 bits per heavy atom. The average molecular weight is 404 g/mol. The number of aryl methyl sites for hydroxylation is 2. The number of benzene rings is 2. The maximum Gasteiger partial charge on any atom is 0.335 e. The summed E-state index contributed by atoms with van der Waals surface area (Å²) in [6.07, 6.45) is 0. The van der Waals surface area contributed by atoms with Crippen LogP contribution >= 0.6 is 0 Å². The number of halogens is 3. The van der Waals surface area contributed by atoms with Crippen LogP contribution in [0.1, 0.15) is 27.2 Å². The standard InChI is InChI=1S/C19H15F3N4O3/c1-9-3-4-12(18(28)29)7-15(9)23-19-24-17(27)10(2)25-26(19)8-11-5-13(20)16(22)14(21)6-11/h3-7H,8H2,1-2H3,(H,28,29)(H,23,24,27). The number of nitrogens with zero attached hydrogens (tertiary/aromatic N) is 3. The molecule has 0 saturated carbocycles. The van der Waals surface area contributed by atoms with Gasteiger partial charge in [-0.1, -0.05) is 6.07 Å². The molecular weight excluding hydrogens is 389 g/mol. The van der Waals surface area contributed by atoms with E-state index in [2.05, 4.69) is 15.4 Å². The molecule has 1 aromatic heterocycles. The fourth-order valence-electron chi connectivity index (χ4n) is 2.59. The smallest absolute Gasteiger partial charge is 0.335 e. The predicted molar refractivity (Wildman–Crippen MR) is 97.9 cm³/mol. The zero-order valence-corrected chi connectivity index (χ0v) is 15.3. The Bertz CT molecular complexity index is 1150. The van der Waals surface area contributed by atoms with Crippen molar-refractivity contribution < 1.29 is 23.1 Å². The van der Waals surface area contributed by atoms with E-state index in [9.17, 15) is 22.8 Å². The monoisotopic (exact) mass is 404 g/mol. The van der Waals surface area contributed by atoms with Crippen molar-refractivity contribution in [2.45, 2.75) is 20.4 Å². The molecule has 0 amide bonds. The van der Waals surface area contributed by atoms with Crippen LogP contribution in [0.3, 0.4) is 0 Å². The number of hydrogen-bond donors (Lipinski definition) is 2. The molecule has 0 unspecified atom stereocenters. The molecule has 0 bridgehead atoms. The van der Waals surface area contributed by atoms with Crippen LogP contribution in [0.4, 0.5) is 24.8 Å². The first-order valence-corrected chi connectivity index (χ1v) is 8.36. The van der Waals surface area contributed by atoms with Crippen LogP contribution < -0.4 is 10.9 Å². The van der Waals surface area contributed by atoms with Crippen molar-refractivity contribution in [3.63, 3.8) is 0 Å². The highest BCUT2D eigenvalue weighted by Gasteiger charge is 2.15.